The highest BCUT2D eigenvalue weighted by atomic mass is 16.5. The molecule has 5 atom stereocenters. The number of ether oxygens (including phenoxy) is 2. The number of aromatic hydroxyl groups is 1. The molecule has 152 valence electrons. The van der Waals surface area contributed by atoms with Crippen molar-refractivity contribution >= 4 is 0 Å². The van der Waals surface area contributed by atoms with E-state index in [2.05, 4.69) is 17.9 Å². The van der Waals surface area contributed by atoms with E-state index >= 15 is 0 Å². The van der Waals surface area contributed by atoms with E-state index in [1.54, 1.807) is 6.07 Å². The molecule has 2 aliphatic heterocycles. The number of nitrogens with zero attached hydrogens (tertiary/aromatic N) is 1. The molecule has 5 heteroatoms. The number of phenolic OH excluding ortho intramolecular Hbond substituents is 1. The summed E-state index contributed by atoms with van der Waals surface area (Å²) in [6.07, 6.45) is 6.34. The molecule has 6 rings (SSSR count). The molecule has 28 heavy (non-hydrogen) atoms. The maximum Gasteiger partial charge on any atom is 0.165 e. The third-order valence-corrected chi connectivity index (χ3v) is 8.25. The fraction of sp³-hybridized carbons (Fsp3) is 0.739. The lowest BCUT2D eigenvalue weighted by Gasteiger charge is -2.65. The van der Waals surface area contributed by atoms with Crippen LogP contribution in [0.3, 0.4) is 0 Å². The van der Waals surface area contributed by atoms with E-state index in [1.807, 2.05) is 0 Å². The van der Waals surface area contributed by atoms with Crippen molar-refractivity contribution in [3.63, 3.8) is 0 Å². The Balaban J connectivity index is 1.56. The molecule has 3 fully saturated rings. The number of phenols is 1. The van der Waals surface area contributed by atoms with Crippen molar-refractivity contribution in [2.45, 2.75) is 81.1 Å². The summed E-state index contributed by atoms with van der Waals surface area (Å²) in [4.78, 5) is 2.70. The number of hydrogen-bond acceptors (Lipinski definition) is 5. The van der Waals surface area contributed by atoms with Crippen LogP contribution in [0.4, 0.5) is 0 Å². The summed E-state index contributed by atoms with van der Waals surface area (Å²) in [5.74, 6) is 1.67. The molecular formula is C23H31NO4. The molecule has 1 aromatic carbocycles. The zero-order chi connectivity index (χ0) is 19.1. The van der Waals surface area contributed by atoms with Gasteiger partial charge in [-0.25, -0.2) is 0 Å². The first-order valence-electron chi connectivity index (χ1n) is 11.2. The molecule has 2 N–H and O–H groups in total. The van der Waals surface area contributed by atoms with Gasteiger partial charge in [-0.05, 0) is 69.0 Å². The molecule has 0 amide bonds. The standard InChI is InChI=1S/C23H31NO4/c1-2-11-27-23-8-7-17(26)21-22(23)9-10-24(13-14-3-4-14)18(23)12-15-5-6-16(25)20(28-21)19(15)22/h5-6,14,17-18,21,25-26H,2-4,7-13H2,1H3/t17-,18-,21+,22+,23?/m1/s1. The van der Waals surface area contributed by atoms with Crippen molar-refractivity contribution in [2.24, 2.45) is 5.92 Å². The average Bonchev–Trinajstić information content (AvgIpc) is 3.43. The summed E-state index contributed by atoms with van der Waals surface area (Å²) in [7, 11) is 0. The van der Waals surface area contributed by atoms with E-state index in [0.29, 0.717) is 18.2 Å². The normalized spacial score (nSPS) is 40.9. The maximum absolute atomic E-state index is 11.0. The van der Waals surface area contributed by atoms with Gasteiger partial charge in [-0.15, -0.1) is 0 Å². The molecule has 1 unspecified atom stereocenters. The average molecular weight is 386 g/mol. The lowest BCUT2D eigenvalue weighted by molar-refractivity contribution is -0.233. The van der Waals surface area contributed by atoms with E-state index in [0.717, 1.165) is 50.3 Å². The molecule has 2 saturated carbocycles. The predicted octanol–water partition coefficient (Wildman–Crippen LogP) is 2.75. The molecule has 5 aliphatic rings. The van der Waals surface area contributed by atoms with Gasteiger partial charge in [0, 0.05) is 24.8 Å². The van der Waals surface area contributed by atoms with Gasteiger partial charge in [0.05, 0.1) is 17.1 Å². The molecule has 3 aliphatic carbocycles. The van der Waals surface area contributed by atoms with Gasteiger partial charge >= 0.3 is 0 Å². The molecule has 0 radical (unpaired) electrons. The fourth-order valence-electron chi connectivity index (χ4n) is 7.00. The minimum absolute atomic E-state index is 0.206. The Morgan fingerprint density at radius 1 is 1.25 bits per heavy atom. The van der Waals surface area contributed by atoms with Gasteiger partial charge < -0.3 is 19.7 Å². The SMILES string of the molecule is CCCOC12CC[C@@H](O)[C@@H]3Oc4c(O)ccc5c4[C@@]31CCN(CC1CC1)[C@@H]2C5. The van der Waals surface area contributed by atoms with Gasteiger partial charge in [0.15, 0.2) is 11.5 Å². The topological polar surface area (TPSA) is 62.2 Å². The number of rotatable bonds is 5. The summed E-state index contributed by atoms with van der Waals surface area (Å²) < 4.78 is 13.2. The van der Waals surface area contributed by atoms with Crippen LogP contribution in [0.5, 0.6) is 11.5 Å². The van der Waals surface area contributed by atoms with Gasteiger partial charge in [-0.3, -0.25) is 4.90 Å². The van der Waals surface area contributed by atoms with Crippen LogP contribution in [0.15, 0.2) is 12.1 Å². The van der Waals surface area contributed by atoms with E-state index in [1.165, 1.54) is 24.9 Å². The minimum Gasteiger partial charge on any atom is -0.504 e. The highest BCUT2D eigenvalue weighted by Crippen LogP contribution is 2.66. The smallest absolute Gasteiger partial charge is 0.165 e. The third kappa shape index (κ3) is 2.03. The number of aliphatic hydroxyl groups excluding tert-OH is 1. The second-order valence-electron chi connectivity index (χ2n) is 9.71. The summed E-state index contributed by atoms with van der Waals surface area (Å²) in [5, 5.41) is 21.5. The lowest BCUT2D eigenvalue weighted by Crippen LogP contribution is -2.78. The monoisotopic (exact) mass is 385 g/mol. The fourth-order valence-corrected chi connectivity index (χ4v) is 7.00. The Hall–Kier alpha value is -1.30. The van der Waals surface area contributed by atoms with Crippen LogP contribution in [-0.2, 0) is 16.6 Å². The minimum atomic E-state index is -0.508. The van der Waals surface area contributed by atoms with Gasteiger partial charge in [0.1, 0.15) is 6.10 Å². The highest BCUT2D eigenvalue weighted by molar-refractivity contribution is 5.62. The molecule has 2 bridgehead atoms. The Labute approximate surface area is 166 Å². The van der Waals surface area contributed by atoms with Crippen molar-refractivity contribution in [3.8, 4) is 11.5 Å². The Morgan fingerprint density at radius 3 is 2.89 bits per heavy atom. The predicted molar refractivity (Wildman–Crippen MR) is 105 cm³/mol. The lowest BCUT2D eigenvalue weighted by atomic mass is 9.48. The van der Waals surface area contributed by atoms with E-state index in [9.17, 15) is 10.2 Å². The van der Waals surface area contributed by atoms with Crippen LogP contribution in [0.1, 0.15) is 56.6 Å². The number of piperidine rings is 1. The molecular weight excluding hydrogens is 354 g/mol. The van der Waals surface area contributed by atoms with Crippen molar-refractivity contribution in [2.75, 3.05) is 19.7 Å². The first kappa shape index (κ1) is 17.5. The zero-order valence-electron chi connectivity index (χ0n) is 16.7. The Bertz CT molecular complexity index is 804. The molecule has 0 aromatic heterocycles. The van der Waals surface area contributed by atoms with E-state index < -0.39 is 6.10 Å². The quantitative estimate of drug-likeness (QED) is 0.816. The van der Waals surface area contributed by atoms with Gasteiger partial charge in [-0.2, -0.15) is 0 Å². The van der Waals surface area contributed by atoms with Crippen LogP contribution in [0, 0.1) is 5.92 Å². The molecule has 2 heterocycles. The zero-order valence-corrected chi connectivity index (χ0v) is 16.7. The largest absolute Gasteiger partial charge is 0.504 e. The van der Waals surface area contributed by atoms with Crippen molar-refractivity contribution in [1.29, 1.82) is 0 Å². The van der Waals surface area contributed by atoms with Crippen molar-refractivity contribution < 1.29 is 19.7 Å². The number of benzene rings is 1. The third-order valence-electron chi connectivity index (χ3n) is 8.25. The highest BCUT2D eigenvalue weighted by Gasteiger charge is 2.74. The second kappa shape index (κ2) is 5.87. The first-order chi connectivity index (χ1) is 13.6. The van der Waals surface area contributed by atoms with Gasteiger partial charge in [0.25, 0.3) is 0 Å². The van der Waals surface area contributed by atoms with Gasteiger partial charge in [0.2, 0.25) is 0 Å². The molecule has 1 spiro atoms. The summed E-state index contributed by atoms with van der Waals surface area (Å²) in [6, 6.07) is 4.19. The summed E-state index contributed by atoms with van der Waals surface area (Å²) in [6.45, 7) is 5.11. The van der Waals surface area contributed by atoms with Crippen molar-refractivity contribution in [3.05, 3.63) is 23.3 Å². The van der Waals surface area contributed by atoms with Crippen molar-refractivity contribution in [1.82, 2.24) is 4.90 Å². The molecule has 1 saturated heterocycles. The van der Waals surface area contributed by atoms with Crippen LogP contribution in [0.25, 0.3) is 0 Å². The summed E-state index contributed by atoms with van der Waals surface area (Å²) in [5.41, 5.74) is 1.76. The van der Waals surface area contributed by atoms with Crippen LogP contribution >= 0.6 is 0 Å². The van der Waals surface area contributed by atoms with E-state index in [-0.39, 0.29) is 22.9 Å². The van der Waals surface area contributed by atoms with E-state index in [4.69, 9.17) is 9.47 Å². The van der Waals surface area contributed by atoms with Crippen LogP contribution in [-0.4, -0.2) is 58.7 Å². The molecule has 1 aromatic rings. The number of likely N-dealkylation sites (tertiary alicyclic amines) is 1. The second-order valence-corrected chi connectivity index (χ2v) is 9.71. The molecule has 5 nitrogen and oxygen atoms in total. The Kier molecular flexibility index (Phi) is 3.68. The van der Waals surface area contributed by atoms with Gasteiger partial charge in [-0.1, -0.05) is 13.0 Å². The first-order valence-corrected chi connectivity index (χ1v) is 11.2. The number of aliphatic hydroxyl groups is 1. The Morgan fingerprint density at radius 2 is 2.11 bits per heavy atom. The van der Waals surface area contributed by atoms with Crippen LogP contribution < -0.4 is 4.74 Å². The maximum atomic E-state index is 11.0. The van der Waals surface area contributed by atoms with Crippen LogP contribution in [0.2, 0.25) is 0 Å². The number of hydrogen-bond donors (Lipinski definition) is 2. The summed E-state index contributed by atoms with van der Waals surface area (Å²) >= 11 is 0.